The molecule has 1 aliphatic heterocycles. The number of nitrogens with zero attached hydrogens (tertiary/aromatic N) is 2. The zero-order valence-electron chi connectivity index (χ0n) is 32.1. The van der Waals surface area contributed by atoms with Crippen LogP contribution in [0.3, 0.4) is 0 Å². The smallest absolute Gasteiger partial charge is 0.123 e. The van der Waals surface area contributed by atoms with Gasteiger partial charge in [0.2, 0.25) is 0 Å². The van der Waals surface area contributed by atoms with Crippen LogP contribution in [0.5, 0.6) is 0 Å². The summed E-state index contributed by atoms with van der Waals surface area (Å²) in [6.07, 6.45) is 8.78. The van der Waals surface area contributed by atoms with E-state index in [-0.39, 0.29) is 23.4 Å². The van der Waals surface area contributed by atoms with Gasteiger partial charge in [0.15, 0.2) is 0 Å². The minimum absolute atomic E-state index is 0.189. The van der Waals surface area contributed by atoms with Gasteiger partial charge in [-0.25, -0.2) is 13.2 Å². The Kier molecular flexibility index (Phi) is 36.1. The van der Waals surface area contributed by atoms with E-state index in [2.05, 4.69) is 44.1 Å². The van der Waals surface area contributed by atoms with Crippen LogP contribution in [0.1, 0.15) is 132 Å². The average molecular weight is 665 g/mol. The van der Waals surface area contributed by atoms with E-state index < -0.39 is 0 Å². The summed E-state index contributed by atoms with van der Waals surface area (Å²) in [6, 6.07) is 13.5. The van der Waals surface area contributed by atoms with Gasteiger partial charge in [-0.05, 0) is 88.2 Å². The van der Waals surface area contributed by atoms with Crippen molar-refractivity contribution in [3.05, 3.63) is 95.5 Å². The van der Waals surface area contributed by atoms with Crippen LogP contribution in [0.2, 0.25) is 0 Å². The highest BCUT2D eigenvalue weighted by molar-refractivity contribution is 5.32. The summed E-state index contributed by atoms with van der Waals surface area (Å²) in [4.78, 5) is 5.08. The monoisotopic (exact) mass is 665 g/mol. The summed E-state index contributed by atoms with van der Waals surface area (Å²) < 4.78 is 42.7. The second-order valence-corrected chi connectivity index (χ2v) is 10.7. The topological polar surface area (TPSA) is 15.7 Å². The normalized spacial score (nSPS) is 12.7. The van der Waals surface area contributed by atoms with Crippen LogP contribution in [0.25, 0.3) is 0 Å². The molecule has 0 bridgehead atoms. The lowest BCUT2D eigenvalue weighted by Gasteiger charge is -2.34. The van der Waals surface area contributed by atoms with E-state index in [1.165, 1.54) is 83.2 Å². The number of allylic oxidation sites excluding steroid dienone is 3. The molecule has 1 saturated heterocycles. The summed E-state index contributed by atoms with van der Waals surface area (Å²) in [7, 11) is 0. The number of rotatable bonds is 12. The molecule has 1 fully saturated rings. The molecule has 0 unspecified atom stereocenters. The van der Waals surface area contributed by atoms with Crippen LogP contribution in [0.15, 0.2) is 72.8 Å². The third-order valence-electron chi connectivity index (χ3n) is 6.92. The first kappa shape index (κ1) is 48.8. The summed E-state index contributed by atoms with van der Waals surface area (Å²) in [5.74, 6) is 0.511. The molecule has 2 aromatic carbocycles. The average Bonchev–Trinajstić information content (AvgIpc) is 3.09. The van der Waals surface area contributed by atoms with Gasteiger partial charge in [-0.2, -0.15) is 0 Å². The number of hydrogen-bond acceptors (Lipinski definition) is 3. The van der Waals surface area contributed by atoms with Gasteiger partial charge in [-0.3, -0.25) is 0 Å². The molecule has 0 atom stereocenters. The van der Waals surface area contributed by atoms with E-state index in [4.69, 9.17) is 4.74 Å². The number of hydrogen-bond donors (Lipinski definition) is 0. The number of likely N-dealkylation sites (N-methyl/N-ethyl adjacent to an activating group) is 1. The molecule has 0 saturated carbocycles. The summed E-state index contributed by atoms with van der Waals surface area (Å²) in [6.45, 7) is 32.6. The maximum atomic E-state index is 13.3. The lowest BCUT2D eigenvalue weighted by atomic mass is 9.87. The highest BCUT2D eigenvalue weighted by atomic mass is 19.1. The predicted molar refractivity (Wildman–Crippen MR) is 202 cm³/mol. The SMILES string of the molecule is C/C=C(\CC)OCC.C=C(C)F.CC.CC.CCC.CCN1CCN(CCCCCC(c2ccc(F)cc2)c2ccc(F)cc2)CC1. The van der Waals surface area contributed by atoms with E-state index in [1.807, 2.05) is 71.9 Å². The summed E-state index contributed by atoms with van der Waals surface area (Å²) in [5, 5.41) is 0. The fraction of sp³-hybridized carbons (Fsp3) is 0.610. The van der Waals surface area contributed by atoms with Crippen LogP contribution in [0, 0.1) is 11.6 Å². The fourth-order valence-electron chi connectivity index (χ4n) is 4.68. The van der Waals surface area contributed by atoms with Crippen molar-refractivity contribution in [3.63, 3.8) is 0 Å². The van der Waals surface area contributed by atoms with E-state index >= 15 is 0 Å². The predicted octanol–water partition coefficient (Wildman–Crippen LogP) is 12.6. The molecule has 0 N–H and O–H groups in total. The molecule has 47 heavy (non-hydrogen) atoms. The quantitative estimate of drug-likeness (QED) is 0.166. The number of halogens is 3. The van der Waals surface area contributed by atoms with Gasteiger partial charge < -0.3 is 14.5 Å². The van der Waals surface area contributed by atoms with Crippen LogP contribution >= 0.6 is 0 Å². The first-order valence-electron chi connectivity index (χ1n) is 18.2. The molecular weight excluding hydrogens is 593 g/mol. The Balaban J connectivity index is -0.000000844. The third-order valence-corrected chi connectivity index (χ3v) is 6.92. The van der Waals surface area contributed by atoms with Gasteiger partial charge in [-0.1, -0.05) is 105 Å². The van der Waals surface area contributed by atoms with Crippen molar-refractivity contribution in [1.29, 1.82) is 0 Å². The van der Waals surface area contributed by atoms with Crippen molar-refractivity contribution in [2.45, 2.75) is 121 Å². The molecule has 0 spiro atoms. The van der Waals surface area contributed by atoms with Crippen LogP contribution in [-0.4, -0.2) is 55.7 Å². The van der Waals surface area contributed by atoms with Crippen molar-refractivity contribution < 1.29 is 17.9 Å². The van der Waals surface area contributed by atoms with Crippen LogP contribution < -0.4 is 0 Å². The molecule has 3 nitrogen and oxygen atoms in total. The zero-order valence-corrected chi connectivity index (χ0v) is 32.1. The molecular formula is C41H71F3N2O. The Morgan fingerprint density at radius 3 is 1.49 bits per heavy atom. The van der Waals surface area contributed by atoms with E-state index in [0.29, 0.717) is 0 Å². The Labute approximate surface area is 289 Å². The Morgan fingerprint density at radius 2 is 1.17 bits per heavy atom. The molecule has 0 aliphatic carbocycles. The lowest BCUT2D eigenvalue weighted by Crippen LogP contribution is -2.46. The Bertz CT molecular complexity index is 920. The van der Waals surface area contributed by atoms with E-state index in [1.54, 1.807) is 0 Å². The van der Waals surface area contributed by atoms with Crippen molar-refractivity contribution in [2.24, 2.45) is 0 Å². The molecule has 3 rings (SSSR count). The van der Waals surface area contributed by atoms with Crippen molar-refractivity contribution in [3.8, 4) is 0 Å². The zero-order chi connectivity index (χ0) is 36.5. The first-order chi connectivity index (χ1) is 22.6. The molecule has 1 aliphatic rings. The van der Waals surface area contributed by atoms with Crippen molar-refractivity contribution in [2.75, 3.05) is 45.9 Å². The van der Waals surface area contributed by atoms with E-state index in [0.717, 1.165) is 49.3 Å². The maximum absolute atomic E-state index is 13.3. The minimum Gasteiger partial charge on any atom is -0.499 e. The van der Waals surface area contributed by atoms with Crippen molar-refractivity contribution >= 4 is 0 Å². The first-order valence-corrected chi connectivity index (χ1v) is 18.2. The molecule has 0 amide bonds. The number of ether oxygens (including phenoxy) is 1. The number of benzene rings is 2. The highest BCUT2D eigenvalue weighted by Gasteiger charge is 2.16. The van der Waals surface area contributed by atoms with Gasteiger partial charge in [0.1, 0.15) is 11.6 Å². The lowest BCUT2D eigenvalue weighted by molar-refractivity contribution is 0.135. The maximum Gasteiger partial charge on any atom is 0.123 e. The minimum atomic E-state index is -0.333. The molecule has 272 valence electrons. The largest absolute Gasteiger partial charge is 0.499 e. The Morgan fingerprint density at radius 1 is 0.766 bits per heavy atom. The fourth-order valence-corrected chi connectivity index (χ4v) is 4.68. The standard InChI is InChI=1S/C24H32F2N2.C7H14O.C3H5F.C3H8.2C2H6/c1-2-27-16-18-28(19-17-27)15-5-3-4-6-24(20-7-11-22(25)12-8-20)21-9-13-23(26)14-10-21;1-4-7(5-2)8-6-3;1-3(2)4;1-3-2;2*1-2/h7-14,24H,2-6,15-19H2,1H3;4H,5-6H2,1-3H3;1H2,2H3;3H2,1-2H3;2*1-2H3/b;7-4+;;;;. The molecule has 0 aromatic heterocycles. The number of unbranched alkanes of at least 4 members (excludes halogenated alkanes) is 2. The summed E-state index contributed by atoms with van der Waals surface area (Å²) >= 11 is 0. The second-order valence-electron chi connectivity index (χ2n) is 10.7. The Hall–Kier alpha value is -2.57. The van der Waals surface area contributed by atoms with Crippen LogP contribution in [0.4, 0.5) is 13.2 Å². The van der Waals surface area contributed by atoms with Gasteiger partial charge in [0, 0.05) is 38.5 Å². The van der Waals surface area contributed by atoms with Gasteiger partial charge in [0.05, 0.1) is 18.2 Å². The second kappa shape index (κ2) is 34.8. The molecule has 2 aromatic rings. The van der Waals surface area contributed by atoms with Gasteiger partial charge >= 0.3 is 0 Å². The highest BCUT2D eigenvalue weighted by Crippen LogP contribution is 2.30. The molecule has 0 radical (unpaired) electrons. The number of piperazine rings is 1. The molecule has 1 heterocycles. The summed E-state index contributed by atoms with van der Waals surface area (Å²) in [5.41, 5.74) is 2.20. The van der Waals surface area contributed by atoms with E-state index in [9.17, 15) is 13.2 Å². The van der Waals surface area contributed by atoms with Gasteiger partial charge in [0.25, 0.3) is 0 Å². The van der Waals surface area contributed by atoms with Gasteiger partial charge in [-0.15, -0.1) is 0 Å². The van der Waals surface area contributed by atoms with Crippen LogP contribution in [-0.2, 0) is 4.74 Å². The molecule has 6 heteroatoms. The third kappa shape index (κ3) is 27.1. The van der Waals surface area contributed by atoms with Crippen molar-refractivity contribution in [1.82, 2.24) is 9.80 Å².